The van der Waals surface area contributed by atoms with Crippen LogP contribution in [0.2, 0.25) is 0 Å². The lowest BCUT2D eigenvalue weighted by Gasteiger charge is -2.08. The summed E-state index contributed by atoms with van der Waals surface area (Å²) < 4.78 is 25.7. The molecule has 1 aromatic heterocycles. The number of rotatable bonds is 7. The van der Waals surface area contributed by atoms with E-state index in [9.17, 15) is 9.59 Å². The zero-order valence-corrected chi connectivity index (χ0v) is 17.0. The Hall–Kier alpha value is -3.24. The van der Waals surface area contributed by atoms with Crippen molar-refractivity contribution in [2.45, 2.75) is 19.8 Å². The van der Waals surface area contributed by atoms with Crippen LogP contribution in [0.3, 0.4) is 0 Å². The van der Waals surface area contributed by atoms with Gasteiger partial charge in [0.2, 0.25) is 6.79 Å². The molecule has 10 heteroatoms. The lowest BCUT2D eigenvalue weighted by Crippen LogP contribution is -2.18. The summed E-state index contributed by atoms with van der Waals surface area (Å²) in [6.45, 7) is 0.0674. The van der Waals surface area contributed by atoms with Gasteiger partial charge in [-0.3, -0.25) is 4.57 Å². The number of hydrogen-bond donors (Lipinski definition) is 1. The highest BCUT2D eigenvalue weighted by Crippen LogP contribution is 2.22. The van der Waals surface area contributed by atoms with Gasteiger partial charge in [0.15, 0.2) is 12.4 Å². The van der Waals surface area contributed by atoms with Crippen molar-refractivity contribution in [1.29, 1.82) is 0 Å². The van der Waals surface area contributed by atoms with Gasteiger partial charge >= 0.3 is 18.7 Å². The van der Waals surface area contributed by atoms with E-state index in [2.05, 4.69) is 4.90 Å². The van der Waals surface area contributed by atoms with E-state index in [1.54, 1.807) is 13.1 Å². The summed E-state index contributed by atoms with van der Waals surface area (Å²) in [6.07, 6.45) is 0.764. The highest BCUT2D eigenvalue weighted by molar-refractivity contribution is 5.92. The maximum absolute atomic E-state index is 12.5. The van der Waals surface area contributed by atoms with Crippen molar-refractivity contribution in [2.75, 3.05) is 34.0 Å². The number of allylic oxidation sites excluding steroid dienone is 1. The number of nitrogens with zero attached hydrogens (tertiary/aromatic N) is 2. The normalized spacial score (nSPS) is 15.8. The molecule has 0 saturated heterocycles. The predicted octanol–water partition coefficient (Wildman–Crippen LogP) is 2.40. The third kappa shape index (κ3) is 5.22. The van der Waals surface area contributed by atoms with Crippen LogP contribution in [-0.2, 0) is 30.1 Å². The van der Waals surface area contributed by atoms with Gasteiger partial charge in [-0.2, -0.15) is 0 Å². The van der Waals surface area contributed by atoms with Crippen LogP contribution >= 0.6 is 0 Å². The van der Waals surface area contributed by atoms with Gasteiger partial charge in [-0.1, -0.05) is 18.2 Å². The zero-order chi connectivity index (χ0) is 21.7. The Kier molecular flexibility index (Phi) is 6.80. The summed E-state index contributed by atoms with van der Waals surface area (Å²) in [7, 11) is 3.96. The summed E-state index contributed by atoms with van der Waals surface area (Å²) in [5, 5.41) is 10.1. The molecule has 0 saturated carbocycles. The van der Waals surface area contributed by atoms with Crippen molar-refractivity contribution < 1.29 is 38.4 Å². The van der Waals surface area contributed by atoms with Crippen LogP contribution in [0.25, 0.3) is 10.9 Å². The average Bonchev–Trinajstić information content (AvgIpc) is 3.23. The number of carbonyl (C=O) groups is 2. The molecule has 3 rings (SSSR count). The van der Waals surface area contributed by atoms with Crippen LogP contribution in [0.4, 0.5) is 9.59 Å². The lowest BCUT2D eigenvalue weighted by molar-refractivity contribution is -0.194. The van der Waals surface area contributed by atoms with Crippen molar-refractivity contribution in [3.8, 4) is 0 Å². The average molecular weight is 420 g/mol. The third-order valence-corrected chi connectivity index (χ3v) is 4.41. The number of para-hydroxylation sites is 1. The number of carbonyl (C=O) groups excluding carboxylic acids is 2. The summed E-state index contributed by atoms with van der Waals surface area (Å²) >= 11 is 0. The molecule has 1 aliphatic rings. The van der Waals surface area contributed by atoms with Crippen molar-refractivity contribution in [3.63, 3.8) is 0 Å². The molecule has 2 heterocycles. The van der Waals surface area contributed by atoms with Crippen LogP contribution in [0.15, 0.2) is 42.0 Å². The van der Waals surface area contributed by atoms with Crippen LogP contribution in [-0.4, -0.2) is 67.3 Å². The van der Waals surface area contributed by atoms with Gasteiger partial charge in [-0.25, -0.2) is 9.59 Å². The maximum Gasteiger partial charge on any atom is 0.511 e. The van der Waals surface area contributed by atoms with Gasteiger partial charge in [0.1, 0.15) is 5.76 Å². The highest BCUT2D eigenvalue weighted by Gasteiger charge is 2.23. The van der Waals surface area contributed by atoms with Gasteiger partial charge in [-0.15, -0.1) is 0 Å². The molecular formula is C20H24N2O8. The Balaban J connectivity index is 1.53. The Morgan fingerprint density at radius 3 is 2.63 bits per heavy atom. The Morgan fingerprint density at radius 1 is 1.17 bits per heavy atom. The first-order chi connectivity index (χ1) is 14.3. The smallest absolute Gasteiger partial charge is 0.433 e. The minimum absolute atomic E-state index is 0.167. The molecule has 162 valence electrons. The minimum Gasteiger partial charge on any atom is -0.433 e. The molecule has 1 unspecified atom stereocenters. The summed E-state index contributed by atoms with van der Waals surface area (Å²) in [6, 6.07) is 7.50. The monoisotopic (exact) mass is 420 g/mol. The highest BCUT2D eigenvalue weighted by atomic mass is 16.8. The fraction of sp³-hybridized carbons (Fsp3) is 0.400. The summed E-state index contributed by atoms with van der Waals surface area (Å²) in [4.78, 5) is 26.2. The zero-order valence-electron chi connectivity index (χ0n) is 17.0. The largest absolute Gasteiger partial charge is 0.511 e. The van der Waals surface area contributed by atoms with Gasteiger partial charge in [0, 0.05) is 18.1 Å². The molecule has 0 bridgehead atoms. The number of hydrogen-bond acceptors (Lipinski definition) is 9. The quantitative estimate of drug-likeness (QED) is 0.533. The van der Waals surface area contributed by atoms with Crippen LogP contribution in [0.1, 0.15) is 12.5 Å². The standard InChI is InChI=1S/C20H24N2O8/c1-13-17(30-20(25)29-13)11-26-19(24)28-12-27-18(23)22-10-14(8-9-21(2)3)15-6-4-5-7-16(15)22/h4-7,10,20,25H,8-9,11-12H2,1-3H3. The van der Waals surface area contributed by atoms with Gasteiger partial charge in [-0.05, 0) is 39.1 Å². The van der Waals surface area contributed by atoms with E-state index in [1.165, 1.54) is 4.57 Å². The number of ether oxygens (including phenoxy) is 5. The second kappa shape index (κ2) is 9.51. The first kappa shape index (κ1) is 21.5. The summed E-state index contributed by atoms with van der Waals surface area (Å²) in [5.74, 6) is 0.465. The molecule has 0 aliphatic carbocycles. The van der Waals surface area contributed by atoms with Gasteiger partial charge < -0.3 is 33.7 Å². The fourth-order valence-corrected chi connectivity index (χ4v) is 2.89. The maximum atomic E-state index is 12.5. The molecule has 2 aromatic rings. The Morgan fingerprint density at radius 2 is 1.93 bits per heavy atom. The second-order valence-corrected chi connectivity index (χ2v) is 6.83. The van der Waals surface area contributed by atoms with E-state index >= 15 is 0 Å². The van der Waals surface area contributed by atoms with Gasteiger partial charge in [0.05, 0.1) is 5.52 Å². The first-order valence-corrected chi connectivity index (χ1v) is 9.26. The number of benzene rings is 1. The van der Waals surface area contributed by atoms with Crippen molar-refractivity contribution in [3.05, 3.63) is 47.5 Å². The van der Waals surface area contributed by atoms with E-state index in [0.29, 0.717) is 11.3 Å². The predicted molar refractivity (Wildman–Crippen MR) is 104 cm³/mol. The molecular weight excluding hydrogens is 396 g/mol. The summed E-state index contributed by atoms with van der Waals surface area (Å²) in [5.41, 5.74) is 1.72. The van der Waals surface area contributed by atoms with E-state index < -0.39 is 25.5 Å². The topological polar surface area (TPSA) is 109 Å². The number of aliphatic hydroxyl groups is 1. The Bertz CT molecular complexity index is 949. The third-order valence-electron chi connectivity index (χ3n) is 4.41. The second-order valence-electron chi connectivity index (χ2n) is 6.83. The molecule has 30 heavy (non-hydrogen) atoms. The number of aromatic nitrogens is 1. The molecule has 0 radical (unpaired) electrons. The van der Waals surface area contributed by atoms with E-state index in [-0.39, 0.29) is 12.4 Å². The van der Waals surface area contributed by atoms with Crippen molar-refractivity contribution >= 4 is 23.2 Å². The molecule has 0 fully saturated rings. The van der Waals surface area contributed by atoms with E-state index in [1.807, 2.05) is 38.4 Å². The minimum atomic E-state index is -1.42. The molecule has 10 nitrogen and oxygen atoms in total. The number of aliphatic hydroxyl groups excluding tert-OH is 1. The number of likely N-dealkylation sites (N-methyl/N-ethyl adjacent to an activating group) is 1. The molecule has 0 spiro atoms. The first-order valence-electron chi connectivity index (χ1n) is 9.26. The van der Waals surface area contributed by atoms with Crippen LogP contribution in [0.5, 0.6) is 0 Å². The number of fused-ring (bicyclic) bond motifs is 1. The van der Waals surface area contributed by atoms with Crippen LogP contribution in [0, 0.1) is 0 Å². The molecule has 0 amide bonds. The van der Waals surface area contributed by atoms with Crippen molar-refractivity contribution in [1.82, 2.24) is 9.47 Å². The molecule has 1 N–H and O–H groups in total. The molecule has 1 aliphatic heterocycles. The lowest BCUT2D eigenvalue weighted by atomic mass is 10.1. The van der Waals surface area contributed by atoms with E-state index in [0.717, 1.165) is 23.9 Å². The fourth-order valence-electron chi connectivity index (χ4n) is 2.89. The van der Waals surface area contributed by atoms with Crippen molar-refractivity contribution in [2.24, 2.45) is 0 Å². The van der Waals surface area contributed by atoms with E-state index in [4.69, 9.17) is 28.8 Å². The Labute approximate surface area is 173 Å². The SMILES string of the molecule is CC1=C(COC(=O)OCOC(=O)n2cc(CCN(C)C)c3ccccc32)OC(O)O1. The van der Waals surface area contributed by atoms with Gasteiger partial charge in [0.25, 0.3) is 0 Å². The van der Waals surface area contributed by atoms with Crippen LogP contribution < -0.4 is 0 Å². The molecule has 1 atom stereocenters. The molecule has 1 aromatic carbocycles.